The number of hydrogen-bond donors (Lipinski definition) is 1. The monoisotopic (exact) mass is 244 g/mol. The standard InChI is InChI=1S/C9H13BrN2O/c1-6(11-2)7-4-5-8(13-3)9(10)12-7/h4-6,11H,1-3H3/t6-/m1/s1. The highest BCUT2D eigenvalue weighted by atomic mass is 79.9. The van der Waals surface area contributed by atoms with Gasteiger partial charge in [-0.15, -0.1) is 0 Å². The zero-order valence-electron chi connectivity index (χ0n) is 7.97. The first-order valence-corrected chi connectivity index (χ1v) is 4.86. The van der Waals surface area contributed by atoms with Gasteiger partial charge in [0.1, 0.15) is 4.60 Å². The van der Waals surface area contributed by atoms with E-state index in [1.165, 1.54) is 0 Å². The maximum Gasteiger partial charge on any atom is 0.151 e. The molecule has 0 bridgehead atoms. The summed E-state index contributed by atoms with van der Waals surface area (Å²) in [5.74, 6) is 0.757. The minimum Gasteiger partial charge on any atom is -0.494 e. The fraction of sp³-hybridized carbons (Fsp3) is 0.444. The van der Waals surface area contributed by atoms with E-state index in [1.54, 1.807) is 7.11 Å². The molecule has 0 saturated carbocycles. The predicted octanol–water partition coefficient (Wildman–Crippen LogP) is 2.13. The van der Waals surface area contributed by atoms with Crippen LogP contribution in [0.1, 0.15) is 18.7 Å². The maximum atomic E-state index is 5.08. The van der Waals surface area contributed by atoms with Crippen LogP contribution in [0.4, 0.5) is 0 Å². The second-order valence-corrected chi connectivity index (χ2v) is 3.49. The highest BCUT2D eigenvalue weighted by Gasteiger charge is 2.07. The molecule has 4 heteroatoms. The summed E-state index contributed by atoms with van der Waals surface area (Å²) >= 11 is 3.34. The third kappa shape index (κ3) is 2.42. The molecule has 1 heterocycles. The molecule has 0 unspecified atom stereocenters. The third-order valence-electron chi connectivity index (χ3n) is 1.93. The number of hydrogen-bond acceptors (Lipinski definition) is 3. The summed E-state index contributed by atoms with van der Waals surface area (Å²) in [7, 11) is 3.54. The lowest BCUT2D eigenvalue weighted by Gasteiger charge is -2.10. The Hall–Kier alpha value is -0.610. The molecule has 3 nitrogen and oxygen atoms in total. The van der Waals surface area contributed by atoms with Crippen molar-refractivity contribution in [1.29, 1.82) is 0 Å². The molecule has 1 N–H and O–H groups in total. The number of methoxy groups -OCH3 is 1. The molecule has 1 aromatic heterocycles. The number of nitrogens with one attached hydrogen (secondary N) is 1. The van der Waals surface area contributed by atoms with Crippen molar-refractivity contribution in [2.24, 2.45) is 0 Å². The number of rotatable bonds is 3. The summed E-state index contributed by atoms with van der Waals surface area (Å²) in [6, 6.07) is 4.10. The first kappa shape index (κ1) is 10.5. The zero-order valence-corrected chi connectivity index (χ0v) is 9.55. The Balaban J connectivity index is 2.95. The van der Waals surface area contributed by atoms with Crippen molar-refractivity contribution in [3.63, 3.8) is 0 Å². The highest BCUT2D eigenvalue weighted by molar-refractivity contribution is 9.10. The summed E-state index contributed by atoms with van der Waals surface area (Å²) in [5, 5.41) is 3.12. The van der Waals surface area contributed by atoms with Crippen molar-refractivity contribution < 1.29 is 4.74 Å². The lowest BCUT2D eigenvalue weighted by atomic mass is 10.2. The van der Waals surface area contributed by atoms with Gasteiger partial charge >= 0.3 is 0 Å². The van der Waals surface area contributed by atoms with E-state index in [0.717, 1.165) is 16.0 Å². The molecule has 1 atom stereocenters. The average molecular weight is 245 g/mol. The van der Waals surface area contributed by atoms with E-state index < -0.39 is 0 Å². The summed E-state index contributed by atoms with van der Waals surface area (Å²) in [4.78, 5) is 4.34. The fourth-order valence-corrected chi connectivity index (χ4v) is 1.48. The molecule has 0 aliphatic carbocycles. The van der Waals surface area contributed by atoms with Crippen molar-refractivity contribution in [2.45, 2.75) is 13.0 Å². The quantitative estimate of drug-likeness (QED) is 0.828. The Kier molecular flexibility index (Phi) is 3.69. The van der Waals surface area contributed by atoms with Gasteiger partial charge in [0, 0.05) is 6.04 Å². The molecule has 13 heavy (non-hydrogen) atoms. The van der Waals surface area contributed by atoms with E-state index in [4.69, 9.17) is 4.74 Å². The lowest BCUT2D eigenvalue weighted by molar-refractivity contribution is 0.408. The summed E-state index contributed by atoms with van der Waals surface area (Å²) < 4.78 is 5.83. The normalized spacial score (nSPS) is 12.6. The van der Waals surface area contributed by atoms with Crippen molar-refractivity contribution in [1.82, 2.24) is 10.3 Å². The first-order chi connectivity index (χ1) is 6.19. The molecule has 0 fully saturated rings. The van der Waals surface area contributed by atoms with Gasteiger partial charge < -0.3 is 10.1 Å². The number of aromatic nitrogens is 1. The number of halogens is 1. The van der Waals surface area contributed by atoms with E-state index in [1.807, 2.05) is 19.2 Å². The predicted molar refractivity (Wildman–Crippen MR) is 56.0 cm³/mol. The Labute approximate surface area is 86.6 Å². The van der Waals surface area contributed by atoms with E-state index in [0.29, 0.717) is 0 Å². The van der Waals surface area contributed by atoms with Gasteiger partial charge in [-0.2, -0.15) is 0 Å². The maximum absolute atomic E-state index is 5.08. The molecular weight excluding hydrogens is 232 g/mol. The van der Waals surface area contributed by atoms with Crippen LogP contribution >= 0.6 is 15.9 Å². The van der Waals surface area contributed by atoms with Gasteiger partial charge in [0.15, 0.2) is 5.75 Å². The third-order valence-corrected chi connectivity index (χ3v) is 2.50. The molecule has 0 radical (unpaired) electrons. The highest BCUT2D eigenvalue weighted by Crippen LogP contribution is 2.24. The second-order valence-electron chi connectivity index (χ2n) is 2.74. The molecule has 0 saturated heterocycles. The fourth-order valence-electron chi connectivity index (χ4n) is 0.977. The number of nitrogens with zero attached hydrogens (tertiary/aromatic N) is 1. The minimum atomic E-state index is 0.252. The van der Waals surface area contributed by atoms with Crippen LogP contribution in [-0.2, 0) is 0 Å². The summed E-state index contributed by atoms with van der Waals surface area (Å²) in [6.07, 6.45) is 0. The van der Waals surface area contributed by atoms with Crippen molar-refractivity contribution in [3.8, 4) is 5.75 Å². The topological polar surface area (TPSA) is 34.1 Å². The molecule has 1 aromatic rings. The van der Waals surface area contributed by atoms with Crippen LogP contribution in [0.5, 0.6) is 5.75 Å². The molecule has 0 spiro atoms. The Morgan fingerprint density at radius 1 is 1.54 bits per heavy atom. The Bertz CT molecular complexity index is 291. The van der Waals surface area contributed by atoms with Gasteiger partial charge in [-0.05, 0) is 42.0 Å². The SMILES string of the molecule is CN[C@H](C)c1ccc(OC)c(Br)n1. The number of ether oxygens (including phenoxy) is 1. The molecule has 72 valence electrons. The van der Waals surface area contributed by atoms with Gasteiger partial charge in [-0.1, -0.05) is 0 Å². The van der Waals surface area contributed by atoms with Gasteiger partial charge in [-0.25, -0.2) is 4.98 Å². The largest absolute Gasteiger partial charge is 0.494 e. The van der Waals surface area contributed by atoms with E-state index >= 15 is 0 Å². The smallest absolute Gasteiger partial charge is 0.151 e. The van der Waals surface area contributed by atoms with Crippen LogP contribution in [0, 0.1) is 0 Å². The molecule has 0 aliphatic heterocycles. The van der Waals surface area contributed by atoms with E-state index in [-0.39, 0.29) is 6.04 Å². The van der Waals surface area contributed by atoms with Gasteiger partial charge in [0.05, 0.1) is 12.8 Å². The first-order valence-electron chi connectivity index (χ1n) is 4.06. The van der Waals surface area contributed by atoms with Crippen LogP contribution in [0.15, 0.2) is 16.7 Å². The molecular formula is C9H13BrN2O. The van der Waals surface area contributed by atoms with Crippen molar-refractivity contribution in [3.05, 3.63) is 22.4 Å². The van der Waals surface area contributed by atoms with Crippen molar-refractivity contribution >= 4 is 15.9 Å². The van der Waals surface area contributed by atoms with E-state index in [2.05, 4.69) is 33.2 Å². The van der Waals surface area contributed by atoms with E-state index in [9.17, 15) is 0 Å². The van der Waals surface area contributed by atoms with Crippen LogP contribution in [0.2, 0.25) is 0 Å². The summed E-state index contributed by atoms with van der Waals surface area (Å²) in [6.45, 7) is 2.06. The minimum absolute atomic E-state index is 0.252. The zero-order chi connectivity index (χ0) is 9.84. The Morgan fingerprint density at radius 3 is 2.69 bits per heavy atom. The number of pyridine rings is 1. The molecule has 1 rings (SSSR count). The molecule has 0 aromatic carbocycles. The lowest BCUT2D eigenvalue weighted by Crippen LogP contribution is -2.13. The van der Waals surface area contributed by atoms with Crippen LogP contribution in [0.25, 0.3) is 0 Å². The van der Waals surface area contributed by atoms with Gasteiger partial charge in [0.25, 0.3) is 0 Å². The second kappa shape index (κ2) is 4.58. The van der Waals surface area contributed by atoms with Crippen LogP contribution in [0.3, 0.4) is 0 Å². The van der Waals surface area contributed by atoms with Crippen molar-refractivity contribution in [2.75, 3.05) is 14.2 Å². The molecule has 0 amide bonds. The van der Waals surface area contributed by atoms with Crippen LogP contribution in [-0.4, -0.2) is 19.1 Å². The van der Waals surface area contributed by atoms with Gasteiger partial charge in [-0.3, -0.25) is 0 Å². The summed E-state index contributed by atoms with van der Waals surface area (Å²) in [5.41, 5.74) is 0.996. The molecule has 0 aliphatic rings. The van der Waals surface area contributed by atoms with Gasteiger partial charge in [0.2, 0.25) is 0 Å². The van der Waals surface area contributed by atoms with Crippen LogP contribution < -0.4 is 10.1 Å². The Morgan fingerprint density at radius 2 is 2.23 bits per heavy atom. The average Bonchev–Trinajstić information content (AvgIpc) is 2.16.